The van der Waals surface area contributed by atoms with Gasteiger partial charge in [0, 0.05) is 0 Å². The molecule has 1 aliphatic carbocycles. The molecule has 94 valence electrons. The molecule has 1 aliphatic rings. The summed E-state index contributed by atoms with van der Waals surface area (Å²) in [5.74, 6) is -0.250. The summed E-state index contributed by atoms with van der Waals surface area (Å²) >= 11 is 0. The zero-order valence-electron chi connectivity index (χ0n) is 10.1. The van der Waals surface area contributed by atoms with Crippen LogP contribution in [0.5, 0.6) is 0 Å². The van der Waals surface area contributed by atoms with Gasteiger partial charge in [0.15, 0.2) is 0 Å². The lowest BCUT2D eigenvalue weighted by molar-refractivity contribution is -0.125. The number of benzene rings is 1. The van der Waals surface area contributed by atoms with Gasteiger partial charge in [-0.05, 0) is 24.8 Å². The van der Waals surface area contributed by atoms with Crippen LogP contribution < -0.4 is 5.32 Å². The molecule has 0 saturated heterocycles. The number of nitrogens with one attached hydrogen (secondary N) is 1. The second-order valence-corrected chi connectivity index (χ2v) is 4.74. The van der Waals surface area contributed by atoms with Crippen LogP contribution in [0.2, 0.25) is 0 Å². The Hall–Kier alpha value is -1.86. The standard InChI is InChI=1S/C14H16N2O2/c15-10-14(6-7-14)13(18)16-12(9-17)8-11-4-2-1-3-5-11/h1-5,12,17H,6-9H2,(H,16,18). The van der Waals surface area contributed by atoms with Crippen molar-refractivity contribution < 1.29 is 9.90 Å². The van der Waals surface area contributed by atoms with Crippen LogP contribution >= 0.6 is 0 Å². The predicted octanol–water partition coefficient (Wildman–Crippen LogP) is 1.01. The largest absolute Gasteiger partial charge is 0.394 e. The van der Waals surface area contributed by atoms with Gasteiger partial charge in [0.05, 0.1) is 18.7 Å². The minimum Gasteiger partial charge on any atom is -0.394 e. The molecule has 0 aromatic heterocycles. The van der Waals surface area contributed by atoms with Gasteiger partial charge >= 0.3 is 0 Å². The van der Waals surface area contributed by atoms with E-state index in [0.29, 0.717) is 19.3 Å². The van der Waals surface area contributed by atoms with Gasteiger partial charge in [0.1, 0.15) is 5.41 Å². The SMILES string of the molecule is N#CC1(C(=O)NC(CO)Cc2ccccc2)CC1. The molecule has 4 nitrogen and oxygen atoms in total. The summed E-state index contributed by atoms with van der Waals surface area (Å²) < 4.78 is 0. The smallest absolute Gasteiger partial charge is 0.240 e. The van der Waals surface area contributed by atoms with Crippen LogP contribution in [0.4, 0.5) is 0 Å². The number of aliphatic hydroxyl groups is 1. The van der Waals surface area contributed by atoms with Crippen LogP contribution in [0.25, 0.3) is 0 Å². The van der Waals surface area contributed by atoms with E-state index in [9.17, 15) is 9.90 Å². The lowest BCUT2D eigenvalue weighted by atomic mass is 10.0. The normalized spacial score (nSPS) is 17.6. The fourth-order valence-electron chi connectivity index (χ4n) is 1.90. The third-order valence-corrected chi connectivity index (χ3v) is 3.28. The van der Waals surface area contributed by atoms with Crippen LogP contribution in [0.1, 0.15) is 18.4 Å². The molecular weight excluding hydrogens is 228 g/mol. The Labute approximate surface area is 106 Å². The summed E-state index contributed by atoms with van der Waals surface area (Å²) in [7, 11) is 0. The Balaban J connectivity index is 1.94. The van der Waals surface area contributed by atoms with E-state index in [-0.39, 0.29) is 18.6 Å². The Bertz CT molecular complexity index is 460. The zero-order chi connectivity index (χ0) is 13.0. The van der Waals surface area contributed by atoms with Crippen molar-refractivity contribution in [2.24, 2.45) is 5.41 Å². The highest BCUT2D eigenvalue weighted by Crippen LogP contribution is 2.45. The fourth-order valence-corrected chi connectivity index (χ4v) is 1.90. The molecule has 2 N–H and O–H groups in total. The summed E-state index contributed by atoms with van der Waals surface area (Å²) in [5, 5.41) is 21.0. The fraction of sp³-hybridized carbons (Fsp3) is 0.429. The molecule has 0 radical (unpaired) electrons. The number of hydrogen-bond donors (Lipinski definition) is 2. The van der Waals surface area contributed by atoms with Crippen LogP contribution in [0.15, 0.2) is 30.3 Å². The number of rotatable bonds is 5. The van der Waals surface area contributed by atoms with E-state index < -0.39 is 5.41 Å². The minimum atomic E-state index is -0.829. The maximum Gasteiger partial charge on any atom is 0.240 e. The molecule has 2 rings (SSSR count). The molecule has 0 spiro atoms. The lowest BCUT2D eigenvalue weighted by Crippen LogP contribution is -2.42. The third-order valence-electron chi connectivity index (χ3n) is 3.28. The van der Waals surface area contributed by atoms with Gasteiger partial charge in [-0.2, -0.15) is 5.26 Å². The molecule has 1 aromatic carbocycles. The molecule has 1 unspecified atom stereocenters. The molecule has 1 fully saturated rings. The van der Waals surface area contributed by atoms with Crippen LogP contribution in [0.3, 0.4) is 0 Å². The van der Waals surface area contributed by atoms with Gasteiger partial charge in [-0.3, -0.25) is 4.79 Å². The Morgan fingerprint density at radius 3 is 2.61 bits per heavy atom. The quantitative estimate of drug-likeness (QED) is 0.812. The predicted molar refractivity (Wildman–Crippen MR) is 66.4 cm³/mol. The van der Waals surface area contributed by atoms with E-state index in [0.717, 1.165) is 5.56 Å². The summed E-state index contributed by atoms with van der Waals surface area (Å²) in [5.41, 5.74) is 0.225. The molecular formula is C14H16N2O2. The average molecular weight is 244 g/mol. The topological polar surface area (TPSA) is 73.1 Å². The third kappa shape index (κ3) is 2.69. The maximum absolute atomic E-state index is 11.9. The van der Waals surface area contributed by atoms with Gasteiger partial charge in [0.25, 0.3) is 0 Å². The zero-order valence-corrected chi connectivity index (χ0v) is 10.1. The molecule has 0 heterocycles. The van der Waals surface area contributed by atoms with Crippen molar-refractivity contribution in [1.82, 2.24) is 5.32 Å². The van der Waals surface area contributed by atoms with Crippen molar-refractivity contribution in [2.45, 2.75) is 25.3 Å². The first-order chi connectivity index (χ1) is 8.70. The highest BCUT2D eigenvalue weighted by Gasteiger charge is 2.50. The van der Waals surface area contributed by atoms with Gasteiger partial charge in [-0.15, -0.1) is 0 Å². The number of hydrogen-bond acceptors (Lipinski definition) is 3. The number of aliphatic hydroxyl groups excluding tert-OH is 1. The first kappa shape index (κ1) is 12.6. The summed E-state index contributed by atoms with van der Waals surface area (Å²) in [6.07, 6.45) is 1.82. The molecule has 0 aliphatic heterocycles. The summed E-state index contributed by atoms with van der Waals surface area (Å²) in [4.78, 5) is 11.9. The minimum absolute atomic E-state index is 0.123. The number of nitriles is 1. The van der Waals surface area contributed by atoms with Crippen molar-refractivity contribution in [3.8, 4) is 6.07 Å². The molecule has 1 aromatic rings. The molecule has 0 bridgehead atoms. The summed E-state index contributed by atoms with van der Waals surface area (Å²) in [6.45, 7) is -0.123. The molecule has 1 amide bonds. The molecule has 1 atom stereocenters. The van der Waals surface area contributed by atoms with E-state index in [1.54, 1.807) is 0 Å². The maximum atomic E-state index is 11.9. The van der Waals surface area contributed by atoms with E-state index in [2.05, 4.69) is 11.4 Å². The van der Waals surface area contributed by atoms with Crippen LogP contribution in [-0.4, -0.2) is 23.7 Å². The Morgan fingerprint density at radius 2 is 2.11 bits per heavy atom. The number of nitrogens with zero attached hydrogens (tertiary/aromatic N) is 1. The van der Waals surface area contributed by atoms with Crippen molar-refractivity contribution >= 4 is 5.91 Å². The van der Waals surface area contributed by atoms with Crippen molar-refractivity contribution in [3.63, 3.8) is 0 Å². The average Bonchev–Trinajstić information content (AvgIpc) is 3.20. The van der Waals surface area contributed by atoms with E-state index >= 15 is 0 Å². The number of carbonyl (C=O) groups is 1. The van der Waals surface area contributed by atoms with Crippen molar-refractivity contribution in [1.29, 1.82) is 5.26 Å². The van der Waals surface area contributed by atoms with Crippen molar-refractivity contribution in [3.05, 3.63) is 35.9 Å². The van der Waals surface area contributed by atoms with Gasteiger partial charge in [-0.1, -0.05) is 30.3 Å². The van der Waals surface area contributed by atoms with Crippen molar-refractivity contribution in [2.75, 3.05) is 6.61 Å². The highest BCUT2D eigenvalue weighted by molar-refractivity contribution is 5.88. The first-order valence-corrected chi connectivity index (χ1v) is 6.07. The Kier molecular flexibility index (Phi) is 3.63. The molecule has 18 heavy (non-hydrogen) atoms. The number of carbonyl (C=O) groups excluding carboxylic acids is 1. The van der Waals surface area contributed by atoms with E-state index in [1.807, 2.05) is 30.3 Å². The summed E-state index contributed by atoms with van der Waals surface area (Å²) in [6, 6.07) is 11.4. The first-order valence-electron chi connectivity index (χ1n) is 6.07. The van der Waals surface area contributed by atoms with Gasteiger partial charge in [-0.25, -0.2) is 0 Å². The monoisotopic (exact) mass is 244 g/mol. The van der Waals surface area contributed by atoms with Crippen LogP contribution in [-0.2, 0) is 11.2 Å². The van der Waals surface area contributed by atoms with E-state index in [1.165, 1.54) is 0 Å². The van der Waals surface area contributed by atoms with Gasteiger partial charge < -0.3 is 10.4 Å². The lowest BCUT2D eigenvalue weighted by Gasteiger charge is -2.18. The second kappa shape index (κ2) is 5.19. The number of amides is 1. The second-order valence-electron chi connectivity index (χ2n) is 4.74. The van der Waals surface area contributed by atoms with Gasteiger partial charge in [0.2, 0.25) is 5.91 Å². The molecule has 4 heteroatoms. The highest BCUT2D eigenvalue weighted by atomic mass is 16.3. The molecule has 1 saturated carbocycles. The Morgan fingerprint density at radius 1 is 1.44 bits per heavy atom. The van der Waals surface area contributed by atoms with E-state index in [4.69, 9.17) is 5.26 Å². The van der Waals surface area contributed by atoms with Crippen LogP contribution in [0, 0.1) is 16.7 Å².